The maximum Gasteiger partial charge on any atom is 0.335 e. The van der Waals surface area contributed by atoms with E-state index in [0.717, 1.165) is 5.56 Å². The van der Waals surface area contributed by atoms with Crippen LogP contribution in [0.15, 0.2) is 35.4 Å². The number of likely N-dealkylation sites (N-methyl/N-ethyl adjacent to an activating group) is 1. The van der Waals surface area contributed by atoms with Gasteiger partial charge in [0.2, 0.25) is 18.4 Å². The Balaban J connectivity index is 1.85. The molecule has 0 saturated heterocycles. The molecule has 0 atom stereocenters. The molecule has 0 radical (unpaired) electrons. The third-order valence-electron chi connectivity index (χ3n) is 4.91. The molecule has 2 aromatic carbocycles. The van der Waals surface area contributed by atoms with Crippen molar-refractivity contribution in [2.45, 2.75) is 19.8 Å². The molecule has 0 unspecified atom stereocenters. The number of hydrazone groups is 1. The van der Waals surface area contributed by atoms with Crippen LogP contribution in [0.1, 0.15) is 34.8 Å². The van der Waals surface area contributed by atoms with Crippen LogP contribution in [0.3, 0.4) is 0 Å². The Hall–Kier alpha value is -3.75. The fraction of sp³-hybridized carbons (Fsp3) is 0.318. The first-order valence-electron chi connectivity index (χ1n) is 9.80. The lowest BCUT2D eigenvalue weighted by Crippen LogP contribution is -2.28. The summed E-state index contributed by atoms with van der Waals surface area (Å²) in [5.41, 5.74) is 5.31. The molecule has 0 spiro atoms. The average Bonchev–Trinajstić information content (AvgIpc) is 3.25. The van der Waals surface area contributed by atoms with Gasteiger partial charge in [-0.15, -0.1) is 0 Å². The van der Waals surface area contributed by atoms with E-state index in [1.54, 1.807) is 37.4 Å². The maximum absolute atomic E-state index is 11.9. The number of hydrogen-bond donors (Lipinski definition) is 2. The van der Waals surface area contributed by atoms with E-state index in [9.17, 15) is 9.59 Å². The molecule has 31 heavy (non-hydrogen) atoms. The number of nitrogens with zero attached hydrogens (tertiary/aromatic N) is 2. The number of carbonyl (C=O) groups is 2. The van der Waals surface area contributed by atoms with Crippen molar-refractivity contribution in [2.75, 3.05) is 32.9 Å². The Morgan fingerprint density at radius 3 is 2.68 bits per heavy atom. The number of fused-ring (bicyclic) bond motifs is 1. The number of rotatable bonds is 9. The summed E-state index contributed by atoms with van der Waals surface area (Å²) in [6, 6.07) is 8.12. The Kier molecular flexibility index (Phi) is 6.96. The molecular weight excluding hydrogens is 402 g/mol. The van der Waals surface area contributed by atoms with E-state index >= 15 is 0 Å². The third-order valence-corrected chi connectivity index (χ3v) is 4.91. The quantitative estimate of drug-likeness (QED) is 0.468. The Morgan fingerprint density at radius 1 is 1.29 bits per heavy atom. The highest BCUT2D eigenvalue weighted by molar-refractivity contribution is 5.90. The molecule has 164 valence electrons. The topological polar surface area (TPSA) is 110 Å². The third kappa shape index (κ3) is 5.06. The van der Waals surface area contributed by atoms with E-state index < -0.39 is 5.97 Å². The molecule has 1 amide bonds. The van der Waals surface area contributed by atoms with Crippen LogP contribution < -0.4 is 19.6 Å². The van der Waals surface area contributed by atoms with Gasteiger partial charge >= 0.3 is 5.97 Å². The SMILES string of the molecule is CCC(=O)N(C)CCc1cc2c(c(OC)c1C=NNc1ccc(C(=O)O)cc1)OCO2. The van der Waals surface area contributed by atoms with Crippen LogP contribution in [-0.4, -0.2) is 55.6 Å². The van der Waals surface area contributed by atoms with Gasteiger partial charge in [-0.2, -0.15) is 5.10 Å². The van der Waals surface area contributed by atoms with Gasteiger partial charge in [0.15, 0.2) is 11.5 Å². The molecule has 1 heterocycles. The summed E-state index contributed by atoms with van der Waals surface area (Å²) in [4.78, 5) is 24.6. The fourth-order valence-electron chi connectivity index (χ4n) is 3.17. The minimum absolute atomic E-state index is 0.0643. The van der Waals surface area contributed by atoms with Crippen LogP contribution in [0, 0.1) is 0 Å². The van der Waals surface area contributed by atoms with Gasteiger partial charge in [-0.3, -0.25) is 10.2 Å². The van der Waals surface area contributed by atoms with Crippen molar-refractivity contribution in [3.8, 4) is 17.2 Å². The Morgan fingerprint density at radius 2 is 2.03 bits per heavy atom. The first-order valence-corrected chi connectivity index (χ1v) is 9.80. The molecule has 9 heteroatoms. The number of ether oxygens (including phenoxy) is 3. The molecule has 0 saturated carbocycles. The van der Waals surface area contributed by atoms with Crippen molar-refractivity contribution in [1.29, 1.82) is 0 Å². The first kappa shape index (κ1) is 21.9. The van der Waals surface area contributed by atoms with Crippen LogP contribution in [-0.2, 0) is 11.2 Å². The van der Waals surface area contributed by atoms with Gasteiger partial charge in [0.25, 0.3) is 0 Å². The summed E-state index contributed by atoms with van der Waals surface area (Å²) in [5, 5.41) is 13.3. The predicted molar refractivity (Wildman–Crippen MR) is 115 cm³/mol. The maximum atomic E-state index is 11.9. The van der Waals surface area contributed by atoms with E-state index in [-0.39, 0.29) is 18.3 Å². The second-order valence-corrected chi connectivity index (χ2v) is 6.89. The highest BCUT2D eigenvalue weighted by Crippen LogP contribution is 2.44. The number of benzene rings is 2. The summed E-state index contributed by atoms with van der Waals surface area (Å²) in [5.74, 6) is 0.675. The number of carboxylic acid groups (broad SMARTS) is 1. The van der Waals surface area contributed by atoms with Crippen LogP contribution in [0.2, 0.25) is 0 Å². The van der Waals surface area contributed by atoms with Gasteiger partial charge in [-0.05, 0) is 42.3 Å². The molecular formula is C22H25N3O6. The van der Waals surface area contributed by atoms with Crippen molar-refractivity contribution >= 4 is 23.8 Å². The van der Waals surface area contributed by atoms with E-state index in [0.29, 0.717) is 47.9 Å². The summed E-state index contributed by atoms with van der Waals surface area (Å²) < 4.78 is 16.7. The summed E-state index contributed by atoms with van der Waals surface area (Å²) in [6.45, 7) is 2.46. The van der Waals surface area contributed by atoms with Crippen LogP contribution in [0.5, 0.6) is 17.2 Å². The molecule has 1 aliphatic rings. The van der Waals surface area contributed by atoms with Crippen LogP contribution in [0.25, 0.3) is 0 Å². The molecule has 2 N–H and O–H groups in total. The lowest BCUT2D eigenvalue weighted by Gasteiger charge is -2.18. The predicted octanol–water partition coefficient (Wildman–Crippen LogP) is 2.98. The van der Waals surface area contributed by atoms with Gasteiger partial charge in [-0.1, -0.05) is 6.92 Å². The summed E-state index contributed by atoms with van der Waals surface area (Å²) in [6.07, 6.45) is 2.63. The Bertz CT molecular complexity index is 988. The summed E-state index contributed by atoms with van der Waals surface area (Å²) >= 11 is 0. The molecule has 2 aromatic rings. The first-order chi connectivity index (χ1) is 14.9. The lowest BCUT2D eigenvalue weighted by atomic mass is 10.0. The molecule has 0 aliphatic carbocycles. The number of amides is 1. The van der Waals surface area contributed by atoms with E-state index in [4.69, 9.17) is 19.3 Å². The molecule has 3 rings (SSSR count). The monoisotopic (exact) mass is 427 g/mol. The van der Waals surface area contributed by atoms with Gasteiger partial charge in [0.1, 0.15) is 0 Å². The minimum atomic E-state index is -0.990. The number of methoxy groups -OCH3 is 1. The molecule has 0 fully saturated rings. The van der Waals surface area contributed by atoms with Gasteiger partial charge in [0.05, 0.1) is 24.6 Å². The normalized spacial score (nSPS) is 12.1. The Labute approximate surface area is 180 Å². The van der Waals surface area contributed by atoms with Gasteiger partial charge < -0.3 is 24.2 Å². The number of aromatic carboxylic acids is 1. The minimum Gasteiger partial charge on any atom is -0.492 e. The highest BCUT2D eigenvalue weighted by Gasteiger charge is 2.25. The zero-order valence-electron chi connectivity index (χ0n) is 17.7. The van der Waals surface area contributed by atoms with Crippen molar-refractivity contribution in [2.24, 2.45) is 5.10 Å². The van der Waals surface area contributed by atoms with E-state index in [2.05, 4.69) is 10.5 Å². The number of nitrogens with one attached hydrogen (secondary N) is 1. The average molecular weight is 427 g/mol. The highest BCUT2D eigenvalue weighted by atomic mass is 16.7. The van der Waals surface area contributed by atoms with Crippen LogP contribution in [0.4, 0.5) is 5.69 Å². The van der Waals surface area contributed by atoms with Crippen LogP contribution >= 0.6 is 0 Å². The van der Waals surface area contributed by atoms with Crippen molar-refractivity contribution in [1.82, 2.24) is 4.90 Å². The zero-order chi connectivity index (χ0) is 22.4. The second-order valence-electron chi connectivity index (χ2n) is 6.89. The fourth-order valence-corrected chi connectivity index (χ4v) is 3.17. The molecule has 9 nitrogen and oxygen atoms in total. The van der Waals surface area contributed by atoms with Gasteiger partial charge in [0, 0.05) is 25.6 Å². The zero-order valence-corrected chi connectivity index (χ0v) is 17.7. The molecule has 0 bridgehead atoms. The standard InChI is InChI=1S/C22H25N3O6/c1-4-19(26)25(2)10-9-15-11-18-21(31-13-30-18)20(29-3)17(15)12-23-24-16-7-5-14(6-8-16)22(27)28/h5-8,11-12,24H,4,9-10,13H2,1-3H3,(H,27,28). The van der Waals surface area contributed by atoms with Crippen molar-refractivity contribution in [3.05, 3.63) is 47.0 Å². The van der Waals surface area contributed by atoms with Gasteiger partial charge in [-0.25, -0.2) is 4.79 Å². The number of carboxylic acids is 1. The second kappa shape index (κ2) is 9.84. The molecule has 1 aliphatic heterocycles. The smallest absolute Gasteiger partial charge is 0.335 e. The van der Waals surface area contributed by atoms with E-state index in [1.165, 1.54) is 12.1 Å². The largest absolute Gasteiger partial charge is 0.492 e. The number of anilines is 1. The number of hydrogen-bond acceptors (Lipinski definition) is 7. The summed E-state index contributed by atoms with van der Waals surface area (Å²) in [7, 11) is 3.31. The van der Waals surface area contributed by atoms with Crippen molar-refractivity contribution < 1.29 is 28.9 Å². The number of carbonyl (C=O) groups excluding carboxylic acids is 1. The van der Waals surface area contributed by atoms with Crippen molar-refractivity contribution in [3.63, 3.8) is 0 Å². The molecule has 0 aromatic heterocycles. The lowest BCUT2D eigenvalue weighted by molar-refractivity contribution is -0.129. The van der Waals surface area contributed by atoms with E-state index in [1.807, 2.05) is 13.0 Å².